The fourth-order valence-electron chi connectivity index (χ4n) is 5.00. The van der Waals surface area contributed by atoms with Crippen molar-refractivity contribution in [2.75, 3.05) is 32.8 Å². The highest BCUT2D eigenvalue weighted by atomic mass is 19.1. The second-order valence-electron chi connectivity index (χ2n) is 8.68. The van der Waals surface area contributed by atoms with Gasteiger partial charge in [0.15, 0.2) is 0 Å². The summed E-state index contributed by atoms with van der Waals surface area (Å²) in [5.41, 5.74) is 3.06. The van der Waals surface area contributed by atoms with Gasteiger partial charge < -0.3 is 5.11 Å². The average Bonchev–Trinajstić information content (AvgIpc) is 3.19. The molecule has 2 N–H and O–H groups in total. The highest BCUT2D eigenvalue weighted by Gasteiger charge is 2.29. The van der Waals surface area contributed by atoms with Crippen molar-refractivity contribution < 1.29 is 9.50 Å². The molecule has 29 heavy (non-hydrogen) atoms. The molecule has 0 spiro atoms. The van der Waals surface area contributed by atoms with E-state index in [1.807, 2.05) is 6.20 Å². The average molecular weight is 401 g/mol. The molecule has 1 aliphatic carbocycles. The zero-order valence-electron chi connectivity index (χ0n) is 17.2. The van der Waals surface area contributed by atoms with Gasteiger partial charge in [0.1, 0.15) is 5.82 Å². The first-order valence-corrected chi connectivity index (χ1v) is 11.1. The van der Waals surface area contributed by atoms with Crippen molar-refractivity contribution in [2.24, 2.45) is 5.92 Å². The number of aromatic nitrogens is 2. The quantitative estimate of drug-likeness (QED) is 0.745. The Kier molecular flexibility index (Phi) is 6.95. The van der Waals surface area contributed by atoms with E-state index in [0.717, 1.165) is 55.3 Å². The van der Waals surface area contributed by atoms with Crippen LogP contribution in [0, 0.1) is 11.7 Å². The Bertz CT molecular complexity index is 756. The van der Waals surface area contributed by atoms with Gasteiger partial charge in [-0.1, -0.05) is 19.3 Å². The van der Waals surface area contributed by atoms with E-state index in [0.29, 0.717) is 6.04 Å². The van der Waals surface area contributed by atoms with Gasteiger partial charge in [0, 0.05) is 56.5 Å². The highest BCUT2D eigenvalue weighted by Crippen LogP contribution is 2.27. The Hall–Kier alpha value is -1.76. The van der Waals surface area contributed by atoms with E-state index in [-0.39, 0.29) is 12.4 Å². The molecule has 158 valence electrons. The van der Waals surface area contributed by atoms with Gasteiger partial charge in [0.05, 0.1) is 11.9 Å². The molecule has 2 aromatic rings. The zero-order valence-corrected chi connectivity index (χ0v) is 17.2. The number of hydrogen-bond acceptors (Lipinski definition) is 4. The maximum absolute atomic E-state index is 13.3. The van der Waals surface area contributed by atoms with Crippen LogP contribution in [-0.2, 0) is 6.54 Å². The number of nitrogens with zero attached hydrogens (tertiary/aromatic N) is 3. The van der Waals surface area contributed by atoms with Crippen LogP contribution in [0.25, 0.3) is 11.3 Å². The summed E-state index contributed by atoms with van der Waals surface area (Å²) < 4.78 is 13.3. The third-order valence-corrected chi connectivity index (χ3v) is 6.61. The number of piperazine rings is 1. The van der Waals surface area contributed by atoms with Crippen LogP contribution in [0.15, 0.2) is 30.5 Å². The molecule has 0 radical (unpaired) electrons. The molecular formula is C23H33FN4O. The predicted molar refractivity (Wildman–Crippen MR) is 113 cm³/mol. The lowest BCUT2D eigenvalue weighted by atomic mass is 9.88. The van der Waals surface area contributed by atoms with Gasteiger partial charge >= 0.3 is 0 Å². The van der Waals surface area contributed by atoms with Gasteiger partial charge in [0.25, 0.3) is 0 Å². The van der Waals surface area contributed by atoms with Gasteiger partial charge in [-0.2, -0.15) is 5.10 Å². The van der Waals surface area contributed by atoms with E-state index in [1.165, 1.54) is 50.8 Å². The van der Waals surface area contributed by atoms with Crippen molar-refractivity contribution in [2.45, 2.75) is 51.1 Å². The molecule has 0 amide bonds. The predicted octanol–water partition coefficient (Wildman–Crippen LogP) is 3.66. The number of rotatable bonds is 7. The van der Waals surface area contributed by atoms with Crippen molar-refractivity contribution in [3.63, 3.8) is 0 Å². The minimum Gasteiger partial charge on any atom is -0.396 e. The molecule has 2 heterocycles. The minimum absolute atomic E-state index is 0.226. The molecule has 1 aromatic carbocycles. The topological polar surface area (TPSA) is 55.4 Å². The Labute approximate surface area is 172 Å². The lowest BCUT2D eigenvalue weighted by molar-refractivity contribution is 0.0401. The monoisotopic (exact) mass is 400 g/mol. The molecule has 1 unspecified atom stereocenters. The van der Waals surface area contributed by atoms with Crippen LogP contribution < -0.4 is 0 Å². The van der Waals surface area contributed by atoms with Crippen LogP contribution in [0.3, 0.4) is 0 Å². The van der Waals surface area contributed by atoms with Crippen LogP contribution in [0.4, 0.5) is 4.39 Å². The van der Waals surface area contributed by atoms with Crippen LogP contribution in [0.1, 0.15) is 44.1 Å². The minimum atomic E-state index is -0.226. The fourth-order valence-corrected chi connectivity index (χ4v) is 5.00. The smallest absolute Gasteiger partial charge is 0.123 e. The summed E-state index contributed by atoms with van der Waals surface area (Å²) in [6, 6.07) is 6.98. The first-order valence-electron chi connectivity index (χ1n) is 11.1. The molecule has 4 rings (SSSR count). The number of H-pyrrole nitrogens is 1. The lowest BCUT2D eigenvalue weighted by Crippen LogP contribution is -2.54. The molecule has 5 nitrogen and oxygen atoms in total. The molecule has 2 aliphatic rings. The molecular weight excluding hydrogens is 367 g/mol. The van der Waals surface area contributed by atoms with E-state index in [4.69, 9.17) is 0 Å². The Balaban J connectivity index is 1.39. The first kappa shape index (κ1) is 20.5. The van der Waals surface area contributed by atoms with Gasteiger partial charge in [0.2, 0.25) is 0 Å². The molecule has 1 aliphatic heterocycles. The summed E-state index contributed by atoms with van der Waals surface area (Å²) in [4.78, 5) is 5.09. The van der Waals surface area contributed by atoms with Crippen molar-refractivity contribution >= 4 is 0 Å². The summed E-state index contributed by atoms with van der Waals surface area (Å²) in [6.07, 6.45) is 9.59. The molecule has 1 atom stereocenters. The fraction of sp³-hybridized carbons (Fsp3) is 0.609. The molecule has 2 fully saturated rings. The SMILES string of the molecule is OCCC1CN(Cc2cn[nH]c2-c2ccc(F)cc2)CCN1CC1CCCCC1. The van der Waals surface area contributed by atoms with E-state index in [1.54, 1.807) is 12.1 Å². The third kappa shape index (κ3) is 5.24. The van der Waals surface area contributed by atoms with Crippen LogP contribution in [0.5, 0.6) is 0 Å². The summed E-state index contributed by atoms with van der Waals surface area (Å²) in [7, 11) is 0. The summed E-state index contributed by atoms with van der Waals surface area (Å²) >= 11 is 0. The van der Waals surface area contributed by atoms with Gasteiger partial charge in [-0.3, -0.25) is 14.9 Å². The van der Waals surface area contributed by atoms with Gasteiger partial charge in [-0.15, -0.1) is 0 Å². The standard InChI is InChI=1S/C23H33FN4O/c24-21-8-6-19(7-9-21)23-20(14-25-26-23)16-27-11-12-28(22(17-27)10-13-29)15-18-4-2-1-3-5-18/h6-9,14,18,22,29H,1-5,10-13,15-17H2,(H,25,26). The number of aromatic amines is 1. The molecule has 0 bridgehead atoms. The van der Waals surface area contributed by atoms with E-state index < -0.39 is 0 Å². The maximum Gasteiger partial charge on any atom is 0.123 e. The van der Waals surface area contributed by atoms with Crippen molar-refractivity contribution in [3.8, 4) is 11.3 Å². The van der Waals surface area contributed by atoms with E-state index in [2.05, 4.69) is 20.0 Å². The summed E-state index contributed by atoms with van der Waals surface area (Å²) in [6.45, 7) is 5.31. The van der Waals surface area contributed by atoms with E-state index in [9.17, 15) is 9.50 Å². The molecule has 1 aromatic heterocycles. The van der Waals surface area contributed by atoms with Crippen LogP contribution in [0.2, 0.25) is 0 Å². The van der Waals surface area contributed by atoms with Crippen molar-refractivity contribution in [1.29, 1.82) is 0 Å². The highest BCUT2D eigenvalue weighted by molar-refractivity contribution is 5.62. The summed E-state index contributed by atoms with van der Waals surface area (Å²) in [5.74, 6) is 0.603. The van der Waals surface area contributed by atoms with Crippen molar-refractivity contribution in [3.05, 3.63) is 41.8 Å². The first-order chi connectivity index (χ1) is 14.2. The Morgan fingerprint density at radius 3 is 2.66 bits per heavy atom. The Morgan fingerprint density at radius 1 is 1.10 bits per heavy atom. The largest absolute Gasteiger partial charge is 0.396 e. The number of benzene rings is 1. The normalized spacial score (nSPS) is 22.2. The molecule has 1 saturated heterocycles. The zero-order chi connectivity index (χ0) is 20.1. The summed E-state index contributed by atoms with van der Waals surface area (Å²) in [5, 5.41) is 16.9. The van der Waals surface area contributed by atoms with Gasteiger partial charge in [-0.05, 0) is 49.4 Å². The number of aliphatic hydroxyl groups excluding tert-OH is 1. The van der Waals surface area contributed by atoms with Crippen LogP contribution >= 0.6 is 0 Å². The Morgan fingerprint density at radius 2 is 1.90 bits per heavy atom. The maximum atomic E-state index is 13.3. The van der Waals surface area contributed by atoms with Crippen molar-refractivity contribution in [1.82, 2.24) is 20.0 Å². The third-order valence-electron chi connectivity index (χ3n) is 6.61. The lowest BCUT2D eigenvalue weighted by Gasteiger charge is -2.43. The number of hydrogen-bond donors (Lipinski definition) is 2. The molecule has 6 heteroatoms. The second kappa shape index (κ2) is 9.83. The van der Waals surface area contributed by atoms with Gasteiger partial charge in [-0.25, -0.2) is 4.39 Å². The van der Waals surface area contributed by atoms with Crippen LogP contribution in [-0.4, -0.2) is 63.9 Å². The molecule has 1 saturated carbocycles. The second-order valence-corrected chi connectivity index (χ2v) is 8.68. The number of halogens is 1. The number of aliphatic hydroxyl groups is 1. The number of nitrogens with one attached hydrogen (secondary N) is 1. The van der Waals surface area contributed by atoms with E-state index >= 15 is 0 Å².